The van der Waals surface area contributed by atoms with E-state index in [2.05, 4.69) is 25.6 Å². The molecule has 0 unspecified atom stereocenters. The van der Waals surface area contributed by atoms with Crippen molar-refractivity contribution < 1.29 is 14.3 Å². The van der Waals surface area contributed by atoms with Crippen molar-refractivity contribution in [1.29, 1.82) is 0 Å². The van der Waals surface area contributed by atoms with Crippen LogP contribution in [0.5, 0.6) is 11.8 Å². The highest BCUT2D eigenvalue weighted by atomic mass is 16.5. The Bertz CT molecular complexity index is 751. The lowest BCUT2D eigenvalue weighted by Gasteiger charge is -2.13. The van der Waals surface area contributed by atoms with Crippen molar-refractivity contribution in [1.82, 2.24) is 20.3 Å². The van der Waals surface area contributed by atoms with Gasteiger partial charge in [0.15, 0.2) is 5.82 Å². The van der Waals surface area contributed by atoms with Crippen LogP contribution in [0, 0.1) is 6.92 Å². The molecule has 2 amide bonds. The first-order valence-electron chi connectivity index (χ1n) is 7.58. The molecule has 134 valence electrons. The first kappa shape index (κ1) is 18.2. The summed E-state index contributed by atoms with van der Waals surface area (Å²) >= 11 is 0. The minimum atomic E-state index is -0.394. The SMILES string of the molecule is COc1nc(CNC(=O)Nc2cc(C)ccc2OC)nc(N(C)C)n1. The average Bonchev–Trinajstić information content (AvgIpc) is 2.59. The molecule has 0 aliphatic rings. The van der Waals surface area contributed by atoms with Gasteiger partial charge in [0, 0.05) is 14.1 Å². The van der Waals surface area contributed by atoms with Crippen LogP contribution in [0.4, 0.5) is 16.4 Å². The number of amides is 2. The number of carbonyl (C=O) groups is 1. The van der Waals surface area contributed by atoms with Crippen LogP contribution in [-0.4, -0.2) is 49.3 Å². The number of nitrogens with zero attached hydrogens (tertiary/aromatic N) is 4. The van der Waals surface area contributed by atoms with E-state index in [-0.39, 0.29) is 12.6 Å². The fraction of sp³-hybridized carbons (Fsp3) is 0.375. The largest absolute Gasteiger partial charge is 0.495 e. The third-order valence-electron chi connectivity index (χ3n) is 3.24. The third-order valence-corrected chi connectivity index (χ3v) is 3.24. The van der Waals surface area contributed by atoms with Crippen LogP contribution in [0.25, 0.3) is 0 Å². The number of nitrogens with one attached hydrogen (secondary N) is 2. The summed E-state index contributed by atoms with van der Waals surface area (Å²) in [6.07, 6.45) is 0. The minimum Gasteiger partial charge on any atom is -0.495 e. The molecule has 1 heterocycles. The van der Waals surface area contributed by atoms with Gasteiger partial charge in [-0.05, 0) is 24.6 Å². The number of anilines is 2. The third kappa shape index (κ3) is 4.93. The average molecular weight is 346 g/mol. The minimum absolute atomic E-state index is 0.125. The van der Waals surface area contributed by atoms with Crippen molar-refractivity contribution in [2.75, 3.05) is 38.5 Å². The van der Waals surface area contributed by atoms with Crippen molar-refractivity contribution in [3.63, 3.8) is 0 Å². The van der Waals surface area contributed by atoms with E-state index in [1.165, 1.54) is 7.11 Å². The summed E-state index contributed by atoms with van der Waals surface area (Å²) in [4.78, 5) is 26.4. The monoisotopic (exact) mass is 346 g/mol. The molecule has 0 aliphatic heterocycles. The van der Waals surface area contributed by atoms with E-state index in [0.29, 0.717) is 23.2 Å². The van der Waals surface area contributed by atoms with Crippen molar-refractivity contribution in [3.8, 4) is 11.8 Å². The first-order valence-corrected chi connectivity index (χ1v) is 7.58. The Labute approximate surface area is 146 Å². The molecule has 2 rings (SSSR count). The Balaban J connectivity index is 2.05. The molecule has 0 atom stereocenters. The normalized spacial score (nSPS) is 10.1. The highest BCUT2D eigenvalue weighted by Crippen LogP contribution is 2.24. The Morgan fingerprint density at radius 1 is 1.16 bits per heavy atom. The molecule has 9 nitrogen and oxygen atoms in total. The number of aryl methyl sites for hydroxylation is 1. The van der Waals surface area contributed by atoms with Crippen molar-refractivity contribution in [2.24, 2.45) is 0 Å². The van der Waals surface area contributed by atoms with Crippen molar-refractivity contribution in [3.05, 3.63) is 29.6 Å². The van der Waals surface area contributed by atoms with Gasteiger partial charge in [0.2, 0.25) is 5.95 Å². The molecule has 25 heavy (non-hydrogen) atoms. The molecule has 2 N–H and O–H groups in total. The van der Waals surface area contributed by atoms with Gasteiger partial charge in [0.1, 0.15) is 5.75 Å². The van der Waals surface area contributed by atoms with E-state index >= 15 is 0 Å². The second-order valence-corrected chi connectivity index (χ2v) is 5.44. The molecule has 1 aromatic carbocycles. The predicted octanol–water partition coefficient (Wildman–Crippen LogP) is 1.58. The van der Waals surface area contributed by atoms with E-state index in [4.69, 9.17) is 9.47 Å². The number of urea groups is 1. The van der Waals surface area contributed by atoms with Gasteiger partial charge in [-0.25, -0.2) is 4.79 Å². The second kappa shape index (κ2) is 8.13. The van der Waals surface area contributed by atoms with Gasteiger partial charge >= 0.3 is 12.0 Å². The Kier molecular flexibility index (Phi) is 5.93. The van der Waals surface area contributed by atoms with Crippen LogP contribution < -0.4 is 25.0 Å². The molecule has 0 bridgehead atoms. The lowest BCUT2D eigenvalue weighted by atomic mass is 10.2. The van der Waals surface area contributed by atoms with E-state index < -0.39 is 6.03 Å². The summed E-state index contributed by atoms with van der Waals surface area (Å²) in [7, 11) is 6.64. The number of hydrogen-bond donors (Lipinski definition) is 2. The number of ether oxygens (including phenoxy) is 2. The lowest BCUT2D eigenvalue weighted by Crippen LogP contribution is -2.29. The van der Waals surface area contributed by atoms with Crippen molar-refractivity contribution in [2.45, 2.75) is 13.5 Å². The standard InChI is InChI=1S/C16H22N6O3/c1-10-6-7-12(24-4)11(8-10)18-15(23)17-9-13-19-14(22(2)3)21-16(20-13)25-5/h6-8H,9H2,1-5H3,(H2,17,18,23). The number of rotatable bonds is 6. The molecule has 0 saturated carbocycles. The van der Waals surface area contributed by atoms with E-state index in [1.54, 1.807) is 18.1 Å². The molecular weight excluding hydrogens is 324 g/mol. The Morgan fingerprint density at radius 2 is 1.92 bits per heavy atom. The van der Waals surface area contributed by atoms with Gasteiger partial charge < -0.3 is 25.0 Å². The number of hydrogen-bond acceptors (Lipinski definition) is 7. The fourth-order valence-corrected chi connectivity index (χ4v) is 2.00. The number of carbonyl (C=O) groups excluding carboxylic acids is 1. The quantitative estimate of drug-likeness (QED) is 0.819. The highest BCUT2D eigenvalue weighted by Gasteiger charge is 2.11. The number of benzene rings is 1. The maximum atomic E-state index is 12.1. The maximum Gasteiger partial charge on any atom is 0.321 e. The molecule has 2 aromatic rings. The molecule has 0 fully saturated rings. The second-order valence-electron chi connectivity index (χ2n) is 5.44. The van der Waals surface area contributed by atoms with E-state index in [0.717, 1.165) is 5.56 Å². The molecule has 0 saturated heterocycles. The van der Waals surface area contributed by atoms with Gasteiger partial charge in [0.05, 0.1) is 26.5 Å². The summed E-state index contributed by atoms with van der Waals surface area (Å²) < 4.78 is 10.3. The summed E-state index contributed by atoms with van der Waals surface area (Å²) in [5, 5.41) is 5.45. The zero-order valence-corrected chi connectivity index (χ0v) is 15.0. The van der Waals surface area contributed by atoms with Gasteiger partial charge in [-0.3, -0.25) is 0 Å². The zero-order valence-electron chi connectivity index (χ0n) is 15.0. The summed E-state index contributed by atoms with van der Waals surface area (Å²) in [5.74, 6) is 1.42. The Morgan fingerprint density at radius 3 is 2.56 bits per heavy atom. The number of aromatic nitrogens is 3. The molecule has 0 aliphatic carbocycles. The topological polar surface area (TPSA) is 102 Å². The summed E-state index contributed by atoms with van der Waals surface area (Å²) in [5.41, 5.74) is 1.59. The van der Waals surface area contributed by atoms with E-state index in [1.807, 2.05) is 33.2 Å². The van der Waals surface area contributed by atoms with Gasteiger partial charge in [-0.15, -0.1) is 0 Å². The molecule has 0 radical (unpaired) electrons. The maximum absolute atomic E-state index is 12.1. The van der Waals surface area contributed by atoms with Gasteiger partial charge in [-0.1, -0.05) is 6.07 Å². The smallest absolute Gasteiger partial charge is 0.321 e. The van der Waals surface area contributed by atoms with Crippen LogP contribution in [-0.2, 0) is 6.54 Å². The van der Waals surface area contributed by atoms with Crippen LogP contribution in [0.15, 0.2) is 18.2 Å². The predicted molar refractivity (Wildman–Crippen MR) is 94.3 cm³/mol. The van der Waals surface area contributed by atoms with Crippen molar-refractivity contribution >= 4 is 17.7 Å². The van der Waals surface area contributed by atoms with Crippen LogP contribution >= 0.6 is 0 Å². The van der Waals surface area contributed by atoms with Crippen LogP contribution in [0.2, 0.25) is 0 Å². The molecule has 1 aromatic heterocycles. The molecule has 0 spiro atoms. The van der Waals surface area contributed by atoms with E-state index in [9.17, 15) is 4.79 Å². The van der Waals surface area contributed by atoms with Gasteiger partial charge in [-0.2, -0.15) is 15.0 Å². The first-order chi connectivity index (χ1) is 11.9. The Hall–Kier alpha value is -3.10. The van der Waals surface area contributed by atoms with Crippen LogP contribution in [0.3, 0.4) is 0 Å². The highest BCUT2D eigenvalue weighted by molar-refractivity contribution is 5.91. The molecule has 9 heteroatoms. The summed E-state index contributed by atoms with van der Waals surface area (Å²) in [6, 6.07) is 5.33. The number of methoxy groups -OCH3 is 2. The summed E-state index contributed by atoms with van der Waals surface area (Å²) in [6.45, 7) is 2.06. The lowest BCUT2D eigenvalue weighted by molar-refractivity contribution is 0.251. The van der Waals surface area contributed by atoms with Crippen LogP contribution in [0.1, 0.15) is 11.4 Å². The fourth-order valence-electron chi connectivity index (χ4n) is 2.00. The zero-order chi connectivity index (χ0) is 18.4. The molecular formula is C16H22N6O3. The van der Waals surface area contributed by atoms with Gasteiger partial charge in [0.25, 0.3) is 0 Å².